The second-order valence-corrected chi connectivity index (χ2v) is 7.14. The standard InChI is InChI=1S/C23H26N4O6/c1-16(28)25-18(10-5-6-12-21(30)33-15-17-8-3-2-4-9-17)22(31)26-19-11-7-13-27(23(19)32)14-20(24)29/h2-4,6-9,11-13,18H,5,10,14-15H2,1H3,(H2,24,29)(H,25,28)(H,26,31). The van der Waals surface area contributed by atoms with Gasteiger partial charge in [-0.05, 0) is 30.5 Å². The van der Waals surface area contributed by atoms with Crippen LogP contribution in [0.1, 0.15) is 25.3 Å². The van der Waals surface area contributed by atoms with Crippen molar-refractivity contribution in [2.45, 2.75) is 39.0 Å². The highest BCUT2D eigenvalue weighted by Gasteiger charge is 2.20. The number of rotatable bonds is 11. The number of hydrogen-bond donors (Lipinski definition) is 3. The van der Waals surface area contributed by atoms with E-state index in [0.717, 1.165) is 10.1 Å². The van der Waals surface area contributed by atoms with Crippen LogP contribution < -0.4 is 21.9 Å². The topological polar surface area (TPSA) is 150 Å². The molecule has 1 unspecified atom stereocenters. The number of anilines is 1. The maximum Gasteiger partial charge on any atom is 0.330 e. The summed E-state index contributed by atoms with van der Waals surface area (Å²) in [5.74, 6) is -2.27. The van der Waals surface area contributed by atoms with Crippen molar-refractivity contribution in [3.05, 3.63) is 76.7 Å². The van der Waals surface area contributed by atoms with Crippen LogP contribution >= 0.6 is 0 Å². The van der Waals surface area contributed by atoms with Gasteiger partial charge in [0.15, 0.2) is 0 Å². The third kappa shape index (κ3) is 8.82. The van der Waals surface area contributed by atoms with E-state index in [9.17, 15) is 24.0 Å². The highest BCUT2D eigenvalue weighted by molar-refractivity contribution is 5.96. The van der Waals surface area contributed by atoms with E-state index in [0.29, 0.717) is 6.42 Å². The molecule has 33 heavy (non-hydrogen) atoms. The second kappa shape index (κ2) is 12.6. The summed E-state index contributed by atoms with van der Waals surface area (Å²) in [6.45, 7) is 1.08. The zero-order valence-electron chi connectivity index (χ0n) is 18.2. The van der Waals surface area contributed by atoms with Gasteiger partial charge in [0, 0.05) is 19.2 Å². The number of ether oxygens (including phenoxy) is 1. The molecule has 0 saturated heterocycles. The van der Waals surface area contributed by atoms with Crippen LogP contribution in [0, 0.1) is 0 Å². The second-order valence-electron chi connectivity index (χ2n) is 7.14. The number of benzene rings is 1. The molecule has 1 aromatic heterocycles. The minimum Gasteiger partial charge on any atom is -0.458 e. The third-order valence-electron chi connectivity index (χ3n) is 4.40. The normalized spacial score (nSPS) is 11.5. The smallest absolute Gasteiger partial charge is 0.330 e. The average molecular weight is 454 g/mol. The summed E-state index contributed by atoms with van der Waals surface area (Å²) in [4.78, 5) is 59.4. The molecule has 2 rings (SSSR count). The molecular formula is C23H26N4O6. The molecule has 1 atom stereocenters. The largest absolute Gasteiger partial charge is 0.458 e. The van der Waals surface area contributed by atoms with Crippen molar-refractivity contribution < 1.29 is 23.9 Å². The van der Waals surface area contributed by atoms with Crippen molar-refractivity contribution in [1.82, 2.24) is 9.88 Å². The number of nitrogens with zero attached hydrogens (tertiary/aromatic N) is 1. The molecule has 1 aromatic carbocycles. The fourth-order valence-electron chi connectivity index (χ4n) is 2.88. The van der Waals surface area contributed by atoms with Crippen molar-refractivity contribution in [1.29, 1.82) is 0 Å². The predicted octanol–water partition coefficient (Wildman–Crippen LogP) is 0.857. The molecule has 0 aliphatic carbocycles. The van der Waals surface area contributed by atoms with Crippen molar-refractivity contribution in [3.63, 3.8) is 0 Å². The summed E-state index contributed by atoms with van der Waals surface area (Å²) < 4.78 is 6.20. The minimum atomic E-state index is -0.948. The Balaban J connectivity index is 1.93. The van der Waals surface area contributed by atoms with Gasteiger partial charge in [0.25, 0.3) is 5.56 Å². The maximum absolute atomic E-state index is 12.6. The number of carbonyl (C=O) groups excluding carboxylic acids is 4. The average Bonchev–Trinajstić information content (AvgIpc) is 2.77. The van der Waals surface area contributed by atoms with Crippen molar-refractivity contribution in [2.24, 2.45) is 5.73 Å². The number of hydrogen-bond acceptors (Lipinski definition) is 6. The van der Waals surface area contributed by atoms with E-state index < -0.39 is 35.3 Å². The van der Waals surface area contributed by atoms with Crippen LogP contribution in [-0.2, 0) is 37.1 Å². The van der Waals surface area contributed by atoms with Gasteiger partial charge in [-0.25, -0.2) is 4.79 Å². The Morgan fingerprint density at radius 3 is 2.52 bits per heavy atom. The van der Waals surface area contributed by atoms with Crippen LogP contribution in [0.15, 0.2) is 65.6 Å². The first-order chi connectivity index (χ1) is 15.8. The molecule has 0 aliphatic heterocycles. The summed E-state index contributed by atoms with van der Waals surface area (Å²) in [5.41, 5.74) is 5.31. The van der Waals surface area contributed by atoms with Gasteiger partial charge < -0.3 is 25.7 Å². The lowest BCUT2D eigenvalue weighted by Crippen LogP contribution is -2.43. The summed E-state index contributed by atoms with van der Waals surface area (Å²) >= 11 is 0. The molecule has 0 fully saturated rings. The Morgan fingerprint density at radius 2 is 1.85 bits per heavy atom. The van der Waals surface area contributed by atoms with Gasteiger partial charge in [0.2, 0.25) is 17.7 Å². The van der Waals surface area contributed by atoms with E-state index in [1.54, 1.807) is 0 Å². The number of aromatic nitrogens is 1. The fraction of sp³-hybridized carbons (Fsp3) is 0.261. The summed E-state index contributed by atoms with van der Waals surface area (Å²) in [5, 5.41) is 4.98. The van der Waals surface area contributed by atoms with Crippen LogP contribution in [0.3, 0.4) is 0 Å². The zero-order chi connectivity index (χ0) is 24.2. The first kappa shape index (κ1) is 25.1. The summed E-state index contributed by atoms with van der Waals surface area (Å²) in [6.07, 6.45) is 4.63. The van der Waals surface area contributed by atoms with E-state index in [1.807, 2.05) is 30.3 Å². The summed E-state index contributed by atoms with van der Waals surface area (Å²) in [6, 6.07) is 11.1. The first-order valence-electron chi connectivity index (χ1n) is 10.2. The van der Waals surface area contributed by atoms with Crippen LogP contribution in [-0.4, -0.2) is 34.3 Å². The molecule has 10 nitrogen and oxygen atoms in total. The van der Waals surface area contributed by atoms with Crippen molar-refractivity contribution >= 4 is 29.4 Å². The van der Waals surface area contributed by atoms with Crippen molar-refractivity contribution in [2.75, 3.05) is 5.32 Å². The van der Waals surface area contributed by atoms with Gasteiger partial charge in [-0.2, -0.15) is 0 Å². The summed E-state index contributed by atoms with van der Waals surface area (Å²) in [7, 11) is 0. The number of esters is 1. The van der Waals surface area contributed by atoms with Crippen LogP contribution in [0.25, 0.3) is 0 Å². The van der Waals surface area contributed by atoms with E-state index in [4.69, 9.17) is 10.5 Å². The minimum absolute atomic E-state index is 0.0564. The number of nitrogens with two attached hydrogens (primary N) is 1. The Hall–Kier alpha value is -4.21. The van der Waals surface area contributed by atoms with Gasteiger partial charge >= 0.3 is 5.97 Å². The van der Waals surface area contributed by atoms with Gasteiger partial charge in [-0.15, -0.1) is 0 Å². The number of allylic oxidation sites excluding steroid dienone is 1. The Kier molecular flexibility index (Phi) is 9.56. The molecular weight excluding hydrogens is 428 g/mol. The SMILES string of the molecule is CC(=O)NC(CCC=CC(=O)OCc1ccccc1)C(=O)Nc1cccn(CC(N)=O)c1=O. The predicted molar refractivity (Wildman–Crippen MR) is 121 cm³/mol. The van der Waals surface area contributed by atoms with Gasteiger partial charge in [-0.1, -0.05) is 36.4 Å². The third-order valence-corrected chi connectivity index (χ3v) is 4.40. The Morgan fingerprint density at radius 1 is 1.12 bits per heavy atom. The number of primary amides is 1. The molecule has 10 heteroatoms. The van der Waals surface area contributed by atoms with Gasteiger partial charge in [-0.3, -0.25) is 19.2 Å². The van der Waals surface area contributed by atoms with E-state index in [-0.39, 0.29) is 25.3 Å². The number of carbonyl (C=O) groups is 4. The molecule has 174 valence electrons. The lowest BCUT2D eigenvalue weighted by molar-refractivity contribution is -0.139. The first-order valence-corrected chi connectivity index (χ1v) is 10.2. The number of pyridine rings is 1. The Bertz CT molecular complexity index is 1080. The van der Waals surface area contributed by atoms with E-state index in [1.165, 1.54) is 37.4 Å². The van der Waals surface area contributed by atoms with E-state index >= 15 is 0 Å². The lowest BCUT2D eigenvalue weighted by atomic mass is 10.1. The van der Waals surface area contributed by atoms with Crippen molar-refractivity contribution in [3.8, 4) is 0 Å². The molecule has 0 bridgehead atoms. The zero-order valence-corrected chi connectivity index (χ0v) is 18.2. The molecule has 0 saturated carbocycles. The van der Waals surface area contributed by atoms with Crippen LogP contribution in [0.2, 0.25) is 0 Å². The van der Waals surface area contributed by atoms with Crippen LogP contribution in [0.4, 0.5) is 5.69 Å². The fourth-order valence-corrected chi connectivity index (χ4v) is 2.88. The Labute approximate surface area is 190 Å². The molecule has 0 spiro atoms. The monoisotopic (exact) mass is 454 g/mol. The van der Waals surface area contributed by atoms with Crippen LogP contribution in [0.5, 0.6) is 0 Å². The quantitative estimate of drug-likeness (QED) is 0.339. The molecule has 3 amide bonds. The lowest BCUT2D eigenvalue weighted by Gasteiger charge is -2.17. The highest BCUT2D eigenvalue weighted by atomic mass is 16.5. The highest BCUT2D eigenvalue weighted by Crippen LogP contribution is 2.06. The number of amides is 3. The van der Waals surface area contributed by atoms with Gasteiger partial charge in [0.05, 0.1) is 0 Å². The van der Waals surface area contributed by atoms with Gasteiger partial charge in [0.1, 0.15) is 24.9 Å². The molecule has 2 aromatic rings. The molecule has 4 N–H and O–H groups in total. The number of nitrogens with one attached hydrogen (secondary N) is 2. The molecule has 0 aliphatic rings. The van der Waals surface area contributed by atoms with E-state index in [2.05, 4.69) is 10.6 Å². The molecule has 0 radical (unpaired) electrons. The molecule has 1 heterocycles. The maximum atomic E-state index is 12.6.